The van der Waals surface area contributed by atoms with Gasteiger partial charge in [-0.25, -0.2) is 0 Å². The van der Waals surface area contributed by atoms with E-state index in [9.17, 15) is 20.1 Å². The Labute approximate surface area is 355 Å². The highest BCUT2D eigenvalue weighted by atomic mass is 16.3. The number of aliphatic hydroxyl groups excluding tert-OH is 3. The molecule has 0 spiro atoms. The lowest BCUT2D eigenvalue weighted by molar-refractivity contribution is -0.131. The van der Waals surface area contributed by atoms with Crippen molar-refractivity contribution in [1.29, 1.82) is 0 Å². The fourth-order valence-electron chi connectivity index (χ4n) is 7.47. The third-order valence-corrected chi connectivity index (χ3v) is 11.4. The molecule has 0 aliphatic heterocycles. The summed E-state index contributed by atoms with van der Waals surface area (Å²) in [4.78, 5) is 12.5. The number of aliphatic hydroxyl groups is 3. The first-order valence-corrected chi connectivity index (χ1v) is 25.0. The molecule has 0 bridgehead atoms. The van der Waals surface area contributed by atoms with Crippen molar-refractivity contribution in [3.05, 3.63) is 48.6 Å². The maximum Gasteiger partial charge on any atom is 0.249 e. The van der Waals surface area contributed by atoms with Gasteiger partial charge in [-0.05, 0) is 64.2 Å². The van der Waals surface area contributed by atoms with E-state index in [0.717, 1.165) is 51.4 Å². The molecule has 57 heavy (non-hydrogen) atoms. The van der Waals surface area contributed by atoms with E-state index < -0.39 is 24.2 Å². The average Bonchev–Trinajstić information content (AvgIpc) is 3.22. The Balaban J connectivity index is 3.70. The molecule has 0 radical (unpaired) electrons. The number of unbranched alkanes of at least 4 members (excludes halogenated alkanes) is 31. The van der Waals surface area contributed by atoms with Gasteiger partial charge in [0.2, 0.25) is 5.91 Å². The molecule has 334 valence electrons. The van der Waals surface area contributed by atoms with E-state index in [4.69, 9.17) is 0 Å². The lowest BCUT2D eigenvalue weighted by Crippen LogP contribution is -2.48. The standard InChI is InChI=1S/C52H97NO4/c1-3-5-7-9-11-13-15-17-19-21-23-25-27-29-31-33-35-37-39-41-43-45-47-51(56)52(57)53-49(48-54)50(55)46-44-42-40-38-36-34-32-30-28-26-24-22-20-18-16-14-12-10-8-6-4-2/h23,25,29,31,36,38,44,46,49-51,54-56H,3-22,24,26-28,30,32-35,37,39-43,45,47-48H2,1-2H3,(H,53,57)/b25-23-,31-29-,38-36+,46-44+. The Morgan fingerprint density at radius 1 is 0.439 bits per heavy atom. The van der Waals surface area contributed by atoms with E-state index in [1.807, 2.05) is 6.08 Å². The molecule has 0 aliphatic carbocycles. The molecule has 0 aromatic carbocycles. The van der Waals surface area contributed by atoms with Crippen molar-refractivity contribution in [2.45, 2.75) is 270 Å². The van der Waals surface area contributed by atoms with Crippen LogP contribution in [-0.4, -0.2) is 46.1 Å². The maximum absolute atomic E-state index is 12.5. The van der Waals surface area contributed by atoms with Gasteiger partial charge >= 0.3 is 0 Å². The van der Waals surface area contributed by atoms with Crippen LogP contribution in [0, 0.1) is 0 Å². The number of hydrogen-bond acceptors (Lipinski definition) is 4. The maximum atomic E-state index is 12.5. The predicted molar refractivity (Wildman–Crippen MR) is 250 cm³/mol. The van der Waals surface area contributed by atoms with Crippen molar-refractivity contribution in [1.82, 2.24) is 5.32 Å². The molecule has 1 amide bonds. The number of rotatable bonds is 45. The first-order valence-electron chi connectivity index (χ1n) is 25.0. The fourth-order valence-corrected chi connectivity index (χ4v) is 7.47. The van der Waals surface area contributed by atoms with Crippen molar-refractivity contribution >= 4 is 5.91 Å². The van der Waals surface area contributed by atoms with Crippen molar-refractivity contribution in [2.24, 2.45) is 0 Å². The number of amides is 1. The summed E-state index contributed by atoms with van der Waals surface area (Å²) in [5, 5.41) is 33.2. The van der Waals surface area contributed by atoms with Crippen LogP contribution in [0.4, 0.5) is 0 Å². The van der Waals surface area contributed by atoms with Gasteiger partial charge in [0.1, 0.15) is 6.10 Å². The Hall–Kier alpha value is -1.69. The zero-order valence-electron chi connectivity index (χ0n) is 38.0. The summed E-state index contributed by atoms with van der Waals surface area (Å²) in [6.45, 7) is 4.18. The van der Waals surface area contributed by atoms with Gasteiger partial charge in [0.15, 0.2) is 0 Å². The fraction of sp³-hybridized carbons (Fsp3) is 0.827. The van der Waals surface area contributed by atoms with E-state index in [1.165, 1.54) is 180 Å². The first kappa shape index (κ1) is 55.3. The smallest absolute Gasteiger partial charge is 0.249 e. The predicted octanol–water partition coefficient (Wildman–Crippen LogP) is 14.9. The lowest BCUT2D eigenvalue weighted by Gasteiger charge is -2.21. The third-order valence-electron chi connectivity index (χ3n) is 11.4. The minimum atomic E-state index is -1.12. The van der Waals surface area contributed by atoms with E-state index in [0.29, 0.717) is 6.42 Å². The Morgan fingerprint density at radius 3 is 1.18 bits per heavy atom. The topological polar surface area (TPSA) is 89.8 Å². The van der Waals surface area contributed by atoms with Crippen molar-refractivity contribution < 1.29 is 20.1 Å². The van der Waals surface area contributed by atoms with Gasteiger partial charge in [-0.2, -0.15) is 0 Å². The van der Waals surface area contributed by atoms with Crippen LogP contribution in [0.2, 0.25) is 0 Å². The average molecular weight is 800 g/mol. The minimum absolute atomic E-state index is 0.381. The van der Waals surface area contributed by atoms with Crippen LogP contribution in [0.5, 0.6) is 0 Å². The first-order chi connectivity index (χ1) is 28.1. The molecule has 0 aromatic heterocycles. The van der Waals surface area contributed by atoms with Crippen molar-refractivity contribution in [3.63, 3.8) is 0 Å². The molecule has 5 heteroatoms. The second-order valence-electron chi connectivity index (χ2n) is 17.0. The van der Waals surface area contributed by atoms with Gasteiger partial charge in [-0.15, -0.1) is 0 Å². The Kier molecular flexibility index (Phi) is 45.6. The SMILES string of the molecule is CCCCCCCCCCC/C=C\C/C=C\CCCCCCCCC(O)C(=O)NC(CO)C(O)/C=C/CC/C=C/CCCCCCCCCCCCCCCCC. The molecular weight excluding hydrogens is 703 g/mol. The van der Waals surface area contributed by atoms with Gasteiger partial charge < -0.3 is 20.6 Å². The summed E-state index contributed by atoms with van der Waals surface area (Å²) in [5.74, 6) is -0.520. The normalized spacial score (nSPS) is 13.8. The summed E-state index contributed by atoms with van der Waals surface area (Å²) in [6.07, 6.45) is 61.6. The molecule has 0 saturated carbocycles. The Bertz CT molecular complexity index is 927. The molecular formula is C52H97NO4. The van der Waals surface area contributed by atoms with Gasteiger partial charge in [0.05, 0.1) is 18.8 Å². The number of carbonyl (C=O) groups excluding carboxylic acids is 1. The van der Waals surface area contributed by atoms with Crippen LogP contribution >= 0.6 is 0 Å². The molecule has 0 fully saturated rings. The minimum Gasteiger partial charge on any atom is -0.394 e. The summed E-state index contributed by atoms with van der Waals surface area (Å²) in [5.41, 5.74) is 0. The third kappa shape index (κ3) is 42.2. The number of nitrogens with one attached hydrogen (secondary N) is 1. The van der Waals surface area contributed by atoms with Gasteiger partial charge in [-0.1, -0.05) is 236 Å². The van der Waals surface area contributed by atoms with Crippen LogP contribution < -0.4 is 5.32 Å². The second kappa shape index (κ2) is 47.0. The van der Waals surface area contributed by atoms with Gasteiger partial charge in [0, 0.05) is 0 Å². The molecule has 0 heterocycles. The summed E-state index contributed by atoms with van der Waals surface area (Å²) in [6, 6.07) is -0.821. The van der Waals surface area contributed by atoms with E-state index in [2.05, 4.69) is 55.6 Å². The highest BCUT2D eigenvalue weighted by Crippen LogP contribution is 2.15. The molecule has 0 aliphatic rings. The van der Waals surface area contributed by atoms with Crippen molar-refractivity contribution in [2.75, 3.05) is 6.61 Å². The van der Waals surface area contributed by atoms with Crippen LogP contribution in [0.1, 0.15) is 251 Å². The highest BCUT2D eigenvalue weighted by Gasteiger charge is 2.22. The van der Waals surface area contributed by atoms with E-state index in [1.54, 1.807) is 6.08 Å². The largest absolute Gasteiger partial charge is 0.394 e. The van der Waals surface area contributed by atoms with Crippen LogP contribution in [0.15, 0.2) is 48.6 Å². The summed E-state index contributed by atoms with van der Waals surface area (Å²) < 4.78 is 0. The summed E-state index contributed by atoms with van der Waals surface area (Å²) >= 11 is 0. The molecule has 0 rings (SSSR count). The zero-order chi connectivity index (χ0) is 41.5. The lowest BCUT2D eigenvalue weighted by atomic mass is 10.0. The molecule has 0 saturated heterocycles. The number of hydrogen-bond donors (Lipinski definition) is 4. The second-order valence-corrected chi connectivity index (χ2v) is 17.0. The molecule has 3 unspecified atom stereocenters. The molecule has 0 aromatic rings. The summed E-state index contributed by atoms with van der Waals surface area (Å²) in [7, 11) is 0. The number of allylic oxidation sites excluding steroid dienone is 7. The van der Waals surface area contributed by atoms with Crippen molar-refractivity contribution in [3.8, 4) is 0 Å². The Morgan fingerprint density at radius 2 is 0.772 bits per heavy atom. The quantitative estimate of drug-likeness (QED) is 0.0365. The van der Waals surface area contributed by atoms with Gasteiger partial charge in [0.25, 0.3) is 0 Å². The molecule has 5 nitrogen and oxygen atoms in total. The zero-order valence-corrected chi connectivity index (χ0v) is 38.0. The monoisotopic (exact) mass is 800 g/mol. The molecule has 4 N–H and O–H groups in total. The molecule has 3 atom stereocenters. The van der Waals surface area contributed by atoms with Crippen LogP contribution in [0.25, 0.3) is 0 Å². The highest BCUT2D eigenvalue weighted by molar-refractivity contribution is 5.80. The number of carbonyl (C=O) groups is 1. The van der Waals surface area contributed by atoms with Gasteiger partial charge in [-0.3, -0.25) is 4.79 Å². The van der Waals surface area contributed by atoms with E-state index in [-0.39, 0.29) is 6.61 Å². The van der Waals surface area contributed by atoms with E-state index >= 15 is 0 Å². The van der Waals surface area contributed by atoms with Crippen LogP contribution in [0.3, 0.4) is 0 Å². The van der Waals surface area contributed by atoms with Crippen LogP contribution in [-0.2, 0) is 4.79 Å².